The summed E-state index contributed by atoms with van der Waals surface area (Å²) in [6, 6.07) is 8.45. The van der Waals surface area contributed by atoms with Gasteiger partial charge in [-0.2, -0.15) is 0 Å². The molecule has 8 nitrogen and oxygen atoms in total. The van der Waals surface area contributed by atoms with Crippen molar-refractivity contribution in [2.45, 2.75) is 42.4 Å². The summed E-state index contributed by atoms with van der Waals surface area (Å²) in [7, 11) is -3.84. The third kappa shape index (κ3) is 7.53. The van der Waals surface area contributed by atoms with Crippen LogP contribution < -0.4 is 15.4 Å². The normalized spacial score (nSPS) is 20.9. The van der Waals surface area contributed by atoms with Gasteiger partial charge < -0.3 is 20.5 Å². The lowest BCUT2D eigenvalue weighted by Gasteiger charge is -2.36. The second-order valence-electron chi connectivity index (χ2n) is 7.56. The maximum absolute atomic E-state index is 13.3. The summed E-state index contributed by atoms with van der Waals surface area (Å²) in [5.41, 5.74) is 0.422. The molecule has 3 rings (SSSR count). The highest BCUT2D eigenvalue weighted by Gasteiger charge is 2.32. The van der Waals surface area contributed by atoms with E-state index in [1.165, 1.54) is 18.2 Å². The van der Waals surface area contributed by atoms with E-state index in [4.69, 9.17) is 27.9 Å². The van der Waals surface area contributed by atoms with Gasteiger partial charge in [-0.3, -0.25) is 0 Å². The number of benzene rings is 2. The standard InChI is InChI=1S/C21H24Cl2FN3O5S/c22-13-8-14(23)10-16(9-13)26-21(29)27-19-5-4-17(32-20(19)12-28)6-7-25-33(30,31)18-3-1-2-15(24)11-18/h1-3,8-11,17,19-20,25,28H,4-7,12H2,(H2,26,27,29)/t17-,19+,20+/m1/s1. The van der Waals surface area contributed by atoms with Crippen LogP contribution in [-0.2, 0) is 14.8 Å². The van der Waals surface area contributed by atoms with Crippen LogP contribution in [0.15, 0.2) is 47.4 Å². The molecule has 1 aliphatic heterocycles. The number of halogens is 3. The molecule has 0 bridgehead atoms. The van der Waals surface area contributed by atoms with Crippen molar-refractivity contribution in [3.63, 3.8) is 0 Å². The Labute approximate surface area is 201 Å². The van der Waals surface area contributed by atoms with E-state index in [9.17, 15) is 22.7 Å². The molecule has 0 radical (unpaired) electrons. The number of anilines is 1. The van der Waals surface area contributed by atoms with Crippen molar-refractivity contribution in [1.29, 1.82) is 0 Å². The van der Waals surface area contributed by atoms with Gasteiger partial charge in [-0.1, -0.05) is 29.3 Å². The number of urea groups is 1. The van der Waals surface area contributed by atoms with E-state index in [0.29, 0.717) is 35.0 Å². The lowest BCUT2D eigenvalue weighted by atomic mass is 9.97. The second-order valence-corrected chi connectivity index (χ2v) is 10.2. The SMILES string of the molecule is O=C(Nc1cc(Cl)cc(Cl)c1)N[C@H]1CC[C@H](CCNS(=O)(=O)c2cccc(F)c2)O[C@H]1CO. The van der Waals surface area contributed by atoms with E-state index in [2.05, 4.69) is 15.4 Å². The lowest BCUT2D eigenvalue weighted by Crippen LogP contribution is -2.52. The lowest BCUT2D eigenvalue weighted by molar-refractivity contribution is -0.0884. The summed E-state index contributed by atoms with van der Waals surface area (Å²) < 4.78 is 46.1. The van der Waals surface area contributed by atoms with Gasteiger partial charge >= 0.3 is 6.03 Å². The first-order valence-electron chi connectivity index (χ1n) is 10.2. The largest absolute Gasteiger partial charge is 0.394 e. The molecule has 1 aliphatic rings. The van der Waals surface area contributed by atoms with Crippen LogP contribution in [0.2, 0.25) is 10.0 Å². The number of carbonyl (C=O) groups is 1. The molecule has 2 amide bonds. The summed E-state index contributed by atoms with van der Waals surface area (Å²) in [6.07, 6.45) is 0.454. The molecule has 180 valence electrons. The van der Waals surface area contributed by atoms with Gasteiger partial charge in [-0.05, 0) is 55.7 Å². The van der Waals surface area contributed by atoms with Crippen LogP contribution in [0.4, 0.5) is 14.9 Å². The van der Waals surface area contributed by atoms with E-state index in [1.54, 1.807) is 18.2 Å². The van der Waals surface area contributed by atoms with Crippen molar-refractivity contribution in [3.8, 4) is 0 Å². The van der Waals surface area contributed by atoms with Gasteiger partial charge in [0.1, 0.15) is 11.9 Å². The molecule has 12 heteroatoms. The zero-order chi connectivity index (χ0) is 24.0. The van der Waals surface area contributed by atoms with Crippen LogP contribution in [0.3, 0.4) is 0 Å². The minimum Gasteiger partial charge on any atom is -0.394 e. The summed E-state index contributed by atoms with van der Waals surface area (Å²) >= 11 is 11.9. The predicted molar refractivity (Wildman–Crippen MR) is 124 cm³/mol. The Morgan fingerprint density at radius 3 is 2.55 bits per heavy atom. The Kier molecular flexibility index (Phi) is 8.91. The predicted octanol–water partition coefficient (Wildman–Crippen LogP) is 3.53. The van der Waals surface area contributed by atoms with E-state index < -0.39 is 34.0 Å². The molecular weight excluding hydrogens is 496 g/mol. The summed E-state index contributed by atoms with van der Waals surface area (Å²) in [6.45, 7) is -0.241. The number of hydrogen-bond acceptors (Lipinski definition) is 5. The van der Waals surface area contributed by atoms with Crippen LogP contribution in [0.5, 0.6) is 0 Å². The monoisotopic (exact) mass is 519 g/mol. The zero-order valence-electron chi connectivity index (χ0n) is 17.4. The summed E-state index contributed by atoms with van der Waals surface area (Å²) in [4.78, 5) is 12.2. The molecule has 0 saturated carbocycles. The first-order valence-corrected chi connectivity index (χ1v) is 12.5. The number of carbonyl (C=O) groups excluding carboxylic acids is 1. The van der Waals surface area contributed by atoms with Crippen molar-refractivity contribution < 1.29 is 27.4 Å². The van der Waals surface area contributed by atoms with Crippen molar-refractivity contribution in [3.05, 3.63) is 58.3 Å². The summed E-state index contributed by atoms with van der Waals surface area (Å²) in [5, 5.41) is 15.9. The van der Waals surface area contributed by atoms with Crippen LogP contribution in [0.1, 0.15) is 19.3 Å². The number of aliphatic hydroxyl groups excluding tert-OH is 1. The Hall–Kier alpha value is -1.95. The van der Waals surface area contributed by atoms with Crippen molar-refractivity contribution in [2.75, 3.05) is 18.5 Å². The maximum Gasteiger partial charge on any atom is 0.319 e. The number of nitrogens with one attached hydrogen (secondary N) is 3. The number of amides is 2. The number of rotatable bonds is 8. The Morgan fingerprint density at radius 2 is 1.88 bits per heavy atom. The van der Waals surface area contributed by atoms with Crippen molar-refractivity contribution >= 4 is 44.9 Å². The molecule has 0 spiro atoms. The first-order chi connectivity index (χ1) is 15.7. The molecule has 1 saturated heterocycles. The van der Waals surface area contributed by atoms with Crippen molar-refractivity contribution in [1.82, 2.24) is 10.0 Å². The van der Waals surface area contributed by atoms with Gasteiger partial charge in [0.05, 0.1) is 23.6 Å². The third-order valence-corrected chi connectivity index (χ3v) is 6.99. The minimum atomic E-state index is -3.84. The molecule has 1 heterocycles. The van der Waals surface area contributed by atoms with E-state index in [1.807, 2.05) is 0 Å². The Balaban J connectivity index is 1.48. The van der Waals surface area contributed by atoms with Gasteiger partial charge in [0.25, 0.3) is 0 Å². The van der Waals surface area contributed by atoms with Gasteiger partial charge in [0.15, 0.2) is 0 Å². The maximum atomic E-state index is 13.3. The first kappa shape index (κ1) is 25.7. The highest BCUT2D eigenvalue weighted by molar-refractivity contribution is 7.89. The Morgan fingerprint density at radius 1 is 1.15 bits per heavy atom. The molecule has 2 aromatic rings. The van der Waals surface area contributed by atoms with Gasteiger partial charge in [0.2, 0.25) is 10.0 Å². The van der Waals surface area contributed by atoms with E-state index in [0.717, 1.165) is 6.07 Å². The minimum absolute atomic E-state index is 0.0791. The molecule has 0 aliphatic carbocycles. The molecule has 33 heavy (non-hydrogen) atoms. The van der Waals surface area contributed by atoms with Gasteiger partial charge in [0, 0.05) is 22.3 Å². The molecule has 0 unspecified atom stereocenters. The molecule has 3 atom stereocenters. The van der Waals surface area contributed by atoms with Crippen molar-refractivity contribution in [2.24, 2.45) is 0 Å². The Bertz CT molecular complexity index is 1070. The molecular formula is C21H24Cl2FN3O5S. The fraction of sp³-hybridized carbons (Fsp3) is 0.381. The second kappa shape index (κ2) is 11.5. The highest BCUT2D eigenvalue weighted by Crippen LogP contribution is 2.24. The van der Waals surface area contributed by atoms with Gasteiger partial charge in [-0.25, -0.2) is 22.3 Å². The van der Waals surface area contributed by atoms with Crippen LogP contribution in [0.25, 0.3) is 0 Å². The topological polar surface area (TPSA) is 117 Å². The molecule has 4 N–H and O–H groups in total. The average Bonchev–Trinajstić information content (AvgIpc) is 2.73. The summed E-state index contributed by atoms with van der Waals surface area (Å²) in [5.74, 6) is -0.639. The third-order valence-electron chi connectivity index (χ3n) is 5.10. The van der Waals surface area contributed by atoms with Gasteiger partial charge in [-0.15, -0.1) is 0 Å². The molecule has 1 fully saturated rings. The highest BCUT2D eigenvalue weighted by atomic mass is 35.5. The number of aliphatic hydroxyl groups is 1. The fourth-order valence-corrected chi connectivity index (χ4v) is 5.15. The van der Waals surface area contributed by atoms with Crippen LogP contribution in [-0.4, -0.2) is 51.0 Å². The molecule has 0 aromatic heterocycles. The average molecular weight is 520 g/mol. The number of ether oxygens (including phenoxy) is 1. The smallest absolute Gasteiger partial charge is 0.319 e. The number of sulfonamides is 1. The zero-order valence-corrected chi connectivity index (χ0v) is 19.8. The number of hydrogen-bond donors (Lipinski definition) is 4. The van der Waals surface area contributed by atoms with Crippen LogP contribution in [0, 0.1) is 5.82 Å². The molecule has 2 aromatic carbocycles. The van der Waals surface area contributed by atoms with Crippen LogP contribution >= 0.6 is 23.2 Å². The quantitative estimate of drug-likeness (QED) is 0.425. The fourth-order valence-electron chi connectivity index (χ4n) is 3.54. The van der Waals surface area contributed by atoms with E-state index >= 15 is 0 Å². The van der Waals surface area contributed by atoms with E-state index in [-0.39, 0.29) is 24.2 Å².